The number of thioether (sulfide) groups is 1. The molecule has 6 rings (SSSR count). The third-order valence-corrected chi connectivity index (χ3v) is 10.7. The van der Waals surface area contributed by atoms with E-state index in [4.69, 9.17) is 4.74 Å². The molecule has 0 saturated carbocycles. The van der Waals surface area contributed by atoms with Gasteiger partial charge in [-0.25, -0.2) is 4.90 Å². The van der Waals surface area contributed by atoms with E-state index in [0.717, 1.165) is 52.6 Å². The fraction of sp³-hybridized carbons (Fsp3) is 0.333. The highest BCUT2D eigenvalue weighted by Gasteiger charge is 2.56. The lowest BCUT2D eigenvalue weighted by Gasteiger charge is -2.31. The Balaban J connectivity index is 1.39. The van der Waals surface area contributed by atoms with Gasteiger partial charge in [-0.3, -0.25) is 19.2 Å². The van der Waals surface area contributed by atoms with Crippen molar-refractivity contribution in [1.29, 1.82) is 0 Å². The first-order chi connectivity index (χ1) is 18.8. The van der Waals surface area contributed by atoms with Crippen LogP contribution < -0.4 is 14.5 Å². The molecule has 4 heterocycles. The molecule has 3 aromatic rings. The Morgan fingerprint density at radius 3 is 2.44 bits per heavy atom. The standard InChI is InChI=1S/C27H23Br2N3O5S2/c28-14-4-7-16(8-5-14)32-25(34)21-20(22-24(30-27(36)39-22)38-23(21)26(32)35)17-12-15(29)6-9-18(17)37-13-19(33)31-10-2-1-3-11-31/h4-9,12,20-21,23H,1-3,10-11,13H2,(H,30,36)/t20-,21-,23+/m0/s1. The van der Waals surface area contributed by atoms with Gasteiger partial charge >= 0.3 is 4.87 Å². The zero-order valence-electron chi connectivity index (χ0n) is 20.5. The number of carbonyl (C=O) groups excluding carboxylic acids is 3. The van der Waals surface area contributed by atoms with E-state index in [0.29, 0.717) is 26.9 Å². The predicted octanol–water partition coefficient (Wildman–Crippen LogP) is 5.15. The lowest BCUT2D eigenvalue weighted by molar-refractivity contribution is -0.134. The van der Waals surface area contributed by atoms with Gasteiger partial charge in [0, 0.05) is 38.4 Å². The second kappa shape index (κ2) is 10.9. The molecule has 3 aliphatic heterocycles. The summed E-state index contributed by atoms with van der Waals surface area (Å²) in [4.78, 5) is 59.3. The first kappa shape index (κ1) is 26.8. The summed E-state index contributed by atoms with van der Waals surface area (Å²) in [6, 6.07) is 12.5. The maximum Gasteiger partial charge on any atom is 0.305 e. The Morgan fingerprint density at radius 1 is 0.974 bits per heavy atom. The van der Waals surface area contributed by atoms with E-state index in [1.165, 1.54) is 16.7 Å². The van der Waals surface area contributed by atoms with Crippen molar-refractivity contribution in [3.05, 3.63) is 71.5 Å². The number of rotatable bonds is 5. The molecule has 1 aromatic heterocycles. The van der Waals surface area contributed by atoms with Crippen LogP contribution in [0.5, 0.6) is 5.75 Å². The topological polar surface area (TPSA) is 99.8 Å². The number of nitrogens with zero attached hydrogens (tertiary/aromatic N) is 2. The number of halogens is 2. The number of anilines is 1. The van der Waals surface area contributed by atoms with Crippen molar-refractivity contribution in [2.45, 2.75) is 35.5 Å². The number of amides is 3. The molecule has 2 aromatic carbocycles. The number of carbonyl (C=O) groups is 3. The number of H-pyrrole nitrogens is 1. The first-order valence-corrected chi connectivity index (χ1v) is 15.8. The van der Waals surface area contributed by atoms with Gasteiger partial charge in [-0.2, -0.15) is 0 Å². The van der Waals surface area contributed by atoms with Crippen LogP contribution in [0.3, 0.4) is 0 Å². The zero-order chi connectivity index (χ0) is 27.3. The van der Waals surface area contributed by atoms with Gasteiger partial charge in [0.1, 0.15) is 11.0 Å². The average molecular weight is 693 g/mol. The molecule has 12 heteroatoms. The smallest absolute Gasteiger partial charge is 0.305 e. The molecule has 0 unspecified atom stereocenters. The molecule has 0 spiro atoms. The number of hydrogen-bond donors (Lipinski definition) is 1. The van der Waals surface area contributed by atoms with E-state index >= 15 is 0 Å². The normalized spacial score (nSPS) is 22.6. The number of piperidine rings is 1. The van der Waals surface area contributed by atoms with E-state index in [2.05, 4.69) is 36.8 Å². The Morgan fingerprint density at radius 2 is 1.69 bits per heavy atom. The number of nitrogens with one attached hydrogen (secondary N) is 1. The van der Waals surface area contributed by atoms with Gasteiger partial charge in [0.2, 0.25) is 11.8 Å². The summed E-state index contributed by atoms with van der Waals surface area (Å²) in [5, 5.41) is -0.129. The summed E-state index contributed by atoms with van der Waals surface area (Å²) in [5.41, 5.74) is 1.15. The van der Waals surface area contributed by atoms with Crippen LogP contribution in [0, 0.1) is 5.92 Å². The van der Waals surface area contributed by atoms with Gasteiger partial charge in [-0.1, -0.05) is 55.0 Å². The number of imide groups is 1. The van der Waals surface area contributed by atoms with Crippen molar-refractivity contribution in [3.63, 3.8) is 0 Å². The Bertz CT molecular complexity index is 1520. The van der Waals surface area contributed by atoms with Crippen LogP contribution in [0.25, 0.3) is 0 Å². The zero-order valence-corrected chi connectivity index (χ0v) is 25.3. The van der Waals surface area contributed by atoms with E-state index in [1.54, 1.807) is 30.3 Å². The number of hydrogen-bond acceptors (Lipinski definition) is 7. The lowest BCUT2D eigenvalue weighted by atomic mass is 9.82. The van der Waals surface area contributed by atoms with Gasteiger partial charge in [0.05, 0.1) is 16.6 Å². The number of likely N-dealkylation sites (tertiary alicyclic amines) is 1. The fourth-order valence-electron chi connectivity index (χ4n) is 5.46. The van der Waals surface area contributed by atoms with Gasteiger partial charge < -0.3 is 14.6 Å². The monoisotopic (exact) mass is 691 g/mol. The SMILES string of the molecule is O=C(COc1ccc(Br)cc1[C@@H]1c2sc(=O)[nH]c2S[C@H]2C(=O)N(c3ccc(Br)cc3)C(=O)[C@@H]12)N1CCCCC1. The predicted molar refractivity (Wildman–Crippen MR) is 157 cm³/mol. The van der Waals surface area contributed by atoms with E-state index in [9.17, 15) is 19.2 Å². The maximum atomic E-state index is 14.0. The summed E-state index contributed by atoms with van der Waals surface area (Å²) in [6.45, 7) is 1.32. The van der Waals surface area contributed by atoms with E-state index in [1.807, 2.05) is 17.0 Å². The molecule has 0 radical (unpaired) electrons. The highest BCUT2D eigenvalue weighted by molar-refractivity contribution is 9.10. The van der Waals surface area contributed by atoms with Crippen molar-refractivity contribution in [1.82, 2.24) is 9.88 Å². The quantitative estimate of drug-likeness (QED) is 0.372. The average Bonchev–Trinajstić information content (AvgIpc) is 3.43. The fourth-order valence-corrected chi connectivity index (χ4v) is 8.61. The highest BCUT2D eigenvalue weighted by atomic mass is 79.9. The Kier molecular flexibility index (Phi) is 7.47. The second-order valence-corrected chi connectivity index (χ2v) is 13.6. The molecule has 3 amide bonds. The largest absolute Gasteiger partial charge is 0.483 e. The number of ether oxygens (including phenoxy) is 1. The third-order valence-electron chi connectivity index (χ3n) is 7.28. The summed E-state index contributed by atoms with van der Waals surface area (Å²) in [5.74, 6) is -1.64. The van der Waals surface area contributed by atoms with Crippen LogP contribution in [0.15, 0.2) is 61.2 Å². The summed E-state index contributed by atoms with van der Waals surface area (Å²) in [7, 11) is 0. The van der Waals surface area contributed by atoms with Crippen LogP contribution in [0.2, 0.25) is 0 Å². The molecule has 0 bridgehead atoms. The number of aromatic amines is 1. The Hall–Kier alpha value is -2.41. The molecular weight excluding hydrogens is 670 g/mol. The molecular formula is C27H23Br2N3O5S2. The summed E-state index contributed by atoms with van der Waals surface area (Å²) in [6.07, 6.45) is 3.09. The molecule has 202 valence electrons. The van der Waals surface area contributed by atoms with Crippen molar-refractivity contribution >= 4 is 78.4 Å². The summed E-state index contributed by atoms with van der Waals surface area (Å²) >= 11 is 9.21. The summed E-state index contributed by atoms with van der Waals surface area (Å²) < 4.78 is 7.69. The molecule has 2 fully saturated rings. The van der Waals surface area contributed by atoms with Crippen LogP contribution >= 0.6 is 55.0 Å². The molecule has 0 aliphatic carbocycles. The minimum absolute atomic E-state index is 0.0823. The molecule has 2 saturated heterocycles. The number of benzene rings is 2. The first-order valence-electron chi connectivity index (χ1n) is 12.5. The highest BCUT2D eigenvalue weighted by Crippen LogP contribution is 2.54. The maximum absolute atomic E-state index is 14.0. The van der Waals surface area contributed by atoms with Crippen LogP contribution in [-0.2, 0) is 14.4 Å². The van der Waals surface area contributed by atoms with E-state index in [-0.39, 0.29) is 29.2 Å². The number of aromatic nitrogens is 1. The van der Waals surface area contributed by atoms with Crippen molar-refractivity contribution in [2.24, 2.45) is 5.92 Å². The van der Waals surface area contributed by atoms with Crippen LogP contribution in [-0.4, -0.2) is 52.6 Å². The molecule has 1 N–H and O–H groups in total. The number of thiazole rings is 1. The van der Waals surface area contributed by atoms with Crippen molar-refractivity contribution < 1.29 is 19.1 Å². The lowest BCUT2D eigenvalue weighted by Crippen LogP contribution is -2.38. The minimum Gasteiger partial charge on any atom is -0.483 e. The van der Waals surface area contributed by atoms with Gasteiger partial charge in [-0.05, 0) is 61.7 Å². The van der Waals surface area contributed by atoms with Gasteiger partial charge in [0.15, 0.2) is 6.61 Å². The second-order valence-electron chi connectivity index (χ2n) is 9.65. The van der Waals surface area contributed by atoms with Crippen LogP contribution in [0.1, 0.15) is 35.6 Å². The Labute approximate surface area is 249 Å². The molecule has 3 atom stereocenters. The molecule has 3 aliphatic rings. The van der Waals surface area contributed by atoms with Gasteiger partial charge in [-0.15, -0.1) is 0 Å². The van der Waals surface area contributed by atoms with Crippen LogP contribution in [0.4, 0.5) is 5.69 Å². The minimum atomic E-state index is -0.750. The molecule has 39 heavy (non-hydrogen) atoms. The number of fused-ring (bicyclic) bond motifs is 2. The van der Waals surface area contributed by atoms with Crippen molar-refractivity contribution in [3.8, 4) is 5.75 Å². The van der Waals surface area contributed by atoms with Crippen molar-refractivity contribution in [2.75, 3.05) is 24.6 Å². The van der Waals surface area contributed by atoms with Gasteiger partial charge in [0.25, 0.3) is 5.91 Å². The molecule has 8 nitrogen and oxygen atoms in total. The van der Waals surface area contributed by atoms with E-state index < -0.39 is 17.1 Å². The third kappa shape index (κ3) is 5.00.